The SMILES string of the molecule is CN[C@@H](CCCCN)CCC(=O)N[C@@H](C)CCC(=O)N[C@@H](C)CCC(=O)N[C@H](CC=O)CCCCN. The summed E-state index contributed by atoms with van der Waals surface area (Å²) in [7, 11) is 1.91. The second kappa shape index (κ2) is 22.2. The molecular weight excluding hydrogens is 460 g/mol. The summed E-state index contributed by atoms with van der Waals surface area (Å²) in [5, 5.41) is 12.0. The Morgan fingerprint density at radius 3 is 1.56 bits per heavy atom. The maximum Gasteiger partial charge on any atom is 0.220 e. The molecule has 0 rings (SSSR count). The van der Waals surface area contributed by atoms with Gasteiger partial charge in [0, 0.05) is 49.9 Å². The topological polar surface area (TPSA) is 168 Å². The average molecular weight is 513 g/mol. The van der Waals surface area contributed by atoms with E-state index in [0.29, 0.717) is 51.2 Å². The maximum atomic E-state index is 12.3. The number of hydrogen-bond donors (Lipinski definition) is 6. The van der Waals surface area contributed by atoms with Gasteiger partial charge in [0.25, 0.3) is 0 Å². The molecule has 0 aliphatic rings. The summed E-state index contributed by atoms with van der Waals surface area (Å²) >= 11 is 0. The van der Waals surface area contributed by atoms with E-state index in [-0.39, 0.29) is 42.3 Å². The third-order valence-corrected chi connectivity index (χ3v) is 6.31. The molecule has 0 saturated carbocycles. The molecule has 0 bridgehead atoms. The lowest BCUT2D eigenvalue weighted by atomic mass is 10.0. The smallest absolute Gasteiger partial charge is 0.220 e. The number of rotatable bonds is 23. The monoisotopic (exact) mass is 512 g/mol. The highest BCUT2D eigenvalue weighted by atomic mass is 16.2. The second-order valence-corrected chi connectivity index (χ2v) is 9.77. The lowest BCUT2D eigenvalue weighted by molar-refractivity contribution is -0.124. The molecule has 0 unspecified atom stereocenters. The number of carbonyl (C=O) groups excluding carboxylic acids is 4. The van der Waals surface area contributed by atoms with Crippen LogP contribution in [0.15, 0.2) is 0 Å². The molecule has 0 aliphatic carbocycles. The molecule has 10 heteroatoms. The van der Waals surface area contributed by atoms with E-state index < -0.39 is 0 Å². The van der Waals surface area contributed by atoms with Crippen LogP contribution in [0.2, 0.25) is 0 Å². The summed E-state index contributed by atoms with van der Waals surface area (Å²) in [6.45, 7) is 5.05. The summed E-state index contributed by atoms with van der Waals surface area (Å²) < 4.78 is 0. The Kier molecular flexibility index (Phi) is 20.9. The van der Waals surface area contributed by atoms with Gasteiger partial charge in [0.1, 0.15) is 6.29 Å². The minimum atomic E-state index is -0.163. The Morgan fingerprint density at radius 2 is 1.11 bits per heavy atom. The number of hydrogen-bond acceptors (Lipinski definition) is 7. The molecule has 0 aromatic rings. The molecule has 0 spiro atoms. The van der Waals surface area contributed by atoms with E-state index in [4.69, 9.17) is 11.5 Å². The van der Waals surface area contributed by atoms with Gasteiger partial charge in [0.05, 0.1) is 0 Å². The van der Waals surface area contributed by atoms with E-state index in [1.165, 1.54) is 0 Å². The molecule has 0 heterocycles. The summed E-state index contributed by atoms with van der Waals surface area (Å²) in [6, 6.07) is -0.0984. The first-order valence-corrected chi connectivity index (χ1v) is 13.6. The highest BCUT2D eigenvalue weighted by molar-refractivity contribution is 5.78. The van der Waals surface area contributed by atoms with Crippen molar-refractivity contribution in [2.45, 2.75) is 121 Å². The summed E-state index contributed by atoms with van der Waals surface area (Å²) in [4.78, 5) is 47.6. The molecular formula is C26H52N6O4. The fourth-order valence-corrected chi connectivity index (χ4v) is 4.01. The van der Waals surface area contributed by atoms with Crippen molar-refractivity contribution in [1.82, 2.24) is 21.3 Å². The Balaban J connectivity index is 4.13. The van der Waals surface area contributed by atoms with Crippen LogP contribution in [0.3, 0.4) is 0 Å². The third-order valence-electron chi connectivity index (χ3n) is 6.31. The van der Waals surface area contributed by atoms with Crippen LogP contribution in [-0.4, -0.2) is 68.3 Å². The first-order chi connectivity index (χ1) is 17.2. The number of nitrogens with one attached hydrogen (secondary N) is 4. The van der Waals surface area contributed by atoms with Crippen molar-refractivity contribution in [1.29, 1.82) is 0 Å². The van der Waals surface area contributed by atoms with Crippen LogP contribution in [0.4, 0.5) is 0 Å². The molecule has 0 aromatic heterocycles. The van der Waals surface area contributed by atoms with Gasteiger partial charge in [-0.25, -0.2) is 0 Å². The van der Waals surface area contributed by atoms with Crippen molar-refractivity contribution in [3.8, 4) is 0 Å². The Morgan fingerprint density at radius 1 is 0.667 bits per heavy atom. The molecule has 0 radical (unpaired) electrons. The van der Waals surface area contributed by atoms with Crippen LogP contribution in [0.5, 0.6) is 0 Å². The minimum Gasteiger partial charge on any atom is -0.354 e. The molecule has 0 aliphatic heterocycles. The predicted octanol–water partition coefficient (Wildman–Crippen LogP) is 1.26. The number of nitrogens with two attached hydrogens (primary N) is 2. The van der Waals surface area contributed by atoms with E-state index in [1.54, 1.807) is 0 Å². The highest BCUT2D eigenvalue weighted by Gasteiger charge is 2.16. The van der Waals surface area contributed by atoms with Crippen LogP contribution in [0.1, 0.15) is 97.3 Å². The van der Waals surface area contributed by atoms with Crippen LogP contribution in [0, 0.1) is 0 Å². The van der Waals surface area contributed by atoms with Gasteiger partial charge in [-0.15, -0.1) is 0 Å². The van der Waals surface area contributed by atoms with E-state index >= 15 is 0 Å². The van der Waals surface area contributed by atoms with E-state index in [0.717, 1.165) is 51.2 Å². The van der Waals surface area contributed by atoms with Gasteiger partial charge in [-0.2, -0.15) is 0 Å². The molecule has 0 fully saturated rings. The zero-order valence-electron chi connectivity index (χ0n) is 22.8. The lowest BCUT2D eigenvalue weighted by Crippen LogP contribution is -2.38. The second-order valence-electron chi connectivity index (χ2n) is 9.77. The van der Waals surface area contributed by atoms with Gasteiger partial charge >= 0.3 is 0 Å². The quantitative estimate of drug-likeness (QED) is 0.0884. The van der Waals surface area contributed by atoms with Crippen molar-refractivity contribution in [3.05, 3.63) is 0 Å². The van der Waals surface area contributed by atoms with Gasteiger partial charge < -0.3 is 37.5 Å². The van der Waals surface area contributed by atoms with Crippen molar-refractivity contribution in [2.75, 3.05) is 20.1 Å². The predicted molar refractivity (Wildman–Crippen MR) is 144 cm³/mol. The Bertz CT molecular complexity index is 619. The van der Waals surface area contributed by atoms with E-state index in [9.17, 15) is 19.2 Å². The summed E-state index contributed by atoms with van der Waals surface area (Å²) in [5.74, 6) is -0.219. The first-order valence-electron chi connectivity index (χ1n) is 13.6. The average Bonchev–Trinajstić information content (AvgIpc) is 2.84. The number of unbranched alkanes of at least 4 members (excludes halogenated alkanes) is 2. The molecule has 10 nitrogen and oxygen atoms in total. The van der Waals surface area contributed by atoms with Crippen molar-refractivity contribution in [2.24, 2.45) is 11.5 Å². The fourth-order valence-electron chi connectivity index (χ4n) is 4.01. The Hall–Kier alpha value is -2.04. The normalized spacial score (nSPS) is 14.4. The van der Waals surface area contributed by atoms with Gasteiger partial charge in [0.15, 0.2) is 0 Å². The molecule has 3 amide bonds. The van der Waals surface area contributed by atoms with Gasteiger partial charge in [-0.05, 0) is 78.9 Å². The van der Waals surface area contributed by atoms with Crippen LogP contribution in [-0.2, 0) is 19.2 Å². The fraction of sp³-hybridized carbons (Fsp3) is 0.846. The van der Waals surface area contributed by atoms with Crippen molar-refractivity contribution < 1.29 is 19.2 Å². The molecule has 4 atom stereocenters. The maximum absolute atomic E-state index is 12.3. The Labute approximate surface area is 217 Å². The van der Waals surface area contributed by atoms with Crippen molar-refractivity contribution in [3.63, 3.8) is 0 Å². The molecule has 8 N–H and O–H groups in total. The number of amides is 3. The lowest BCUT2D eigenvalue weighted by Gasteiger charge is -2.19. The molecule has 210 valence electrons. The molecule has 36 heavy (non-hydrogen) atoms. The summed E-state index contributed by atoms with van der Waals surface area (Å²) in [6.07, 6.45) is 9.49. The summed E-state index contributed by atoms with van der Waals surface area (Å²) in [5.41, 5.74) is 11.0. The zero-order valence-corrected chi connectivity index (χ0v) is 22.8. The molecule has 0 aromatic carbocycles. The third kappa shape index (κ3) is 19.2. The first kappa shape index (κ1) is 34.0. The van der Waals surface area contributed by atoms with Crippen LogP contribution in [0.25, 0.3) is 0 Å². The van der Waals surface area contributed by atoms with Crippen molar-refractivity contribution >= 4 is 24.0 Å². The van der Waals surface area contributed by atoms with Crippen LogP contribution < -0.4 is 32.7 Å². The number of aldehydes is 1. The minimum absolute atomic E-state index is 0.00252. The van der Waals surface area contributed by atoms with E-state index in [1.807, 2.05) is 20.9 Å². The highest BCUT2D eigenvalue weighted by Crippen LogP contribution is 2.08. The largest absolute Gasteiger partial charge is 0.354 e. The van der Waals surface area contributed by atoms with Gasteiger partial charge in [-0.3, -0.25) is 14.4 Å². The van der Waals surface area contributed by atoms with E-state index in [2.05, 4.69) is 21.3 Å². The van der Waals surface area contributed by atoms with Gasteiger partial charge in [0.2, 0.25) is 17.7 Å². The zero-order chi connectivity index (χ0) is 27.2. The molecule has 0 saturated heterocycles. The standard InChI is InChI=1S/C26H52N6O4/c1-20(31-25(35)15-12-22(29-3)8-4-6-17-27)10-13-24(34)30-21(2)11-14-26(36)32-23(16-19-33)9-5-7-18-28/h19-23,29H,4-18,27-28H2,1-3H3,(H,30,34)(H,31,35)(H,32,36)/t20-,21-,22-,23-/m0/s1. The van der Waals surface area contributed by atoms with Gasteiger partial charge in [-0.1, -0.05) is 12.8 Å². The van der Waals surface area contributed by atoms with Crippen LogP contribution >= 0.6 is 0 Å². The number of carbonyl (C=O) groups is 4.